The third-order valence-electron chi connectivity index (χ3n) is 4.27. The second kappa shape index (κ2) is 7.82. The van der Waals surface area contributed by atoms with Crippen LogP contribution in [-0.4, -0.2) is 24.2 Å². The van der Waals surface area contributed by atoms with E-state index in [1.807, 2.05) is 45.0 Å². The number of anilines is 1. The first-order chi connectivity index (χ1) is 10.9. The van der Waals surface area contributed by atoms with Crippen molar-refractivity contribution in [1.29, 1.82) is 0 Å². The summed E-state index contributed by atoms with van der Waals surface area (Å²) in [5.74, 6) is 1.30. The molecular formula is C19H29NO3. The summed E-state index contributed by atoms with van der Waals surface area (Å²) in [6.07, 6.45) is 3.94. The second-order valence-electron chi connectivity index (χ2n) is 6.77. The highest BCUT2D eigenvalue weighted by Crippen LogP contribution is 2.36. The quantitative estimate of drug-likeness (QED) is 0.845. The Morgan fingerprint density at radius 2 is 2.04 bits per heavy atom. The van der Waals surface area contributed by atoms with Gasteiger partial charge in [0.15, 0.2) is 0 Å². The molecule has 4 nitrogen and oxygen atoms in total. The number of benzene rings is 1. The monoisotopic (exact) mass is 319 g/mol. The van der Waals surface area contributed by atoms with Crippen LogP contribution in [0.25, 0.3) is 0 Å². The van der Waals surface area contributed by atoms with Gasteiger partial charge in [0.05, 0.1) is 6.10 Å². The molecule has 0 bridgehead atoms. The molecule has 1 N–H and O–H groups in total. The lowest BCUT2D eigenvalue weighted by Crippen LogP contribution is -2.48. The van der Waals surface area contributed by atoms with Crippen molar-refractivity contribution in [1.82, 2.24) is 0 Å². The van der Waals surface area contributed by atoms with E-state index in [4.69, 9.17) is 9.47 Å². The third kappa shape index (κ3) is 4.71. The molecule has 0 radical (unpaired) electrons. The SMILES string of the molecule is CCO[C@]1(C(=O)Nc2ccc(OC(C)C)cc2)CCC[C@@H](C)C1. The lowest BCUT2D eigenvalue weighted by Gasteiger charge is -2.38. The molecule has 4 heteroatoms. The molecule has 1 fully saturated rings. The molecule has 2 rings (SSSR count). The number of nitrogens with one attached hydrogen (secondary N) is 1. The molecule has 1 aliphatic carbocycles. The molecule has 1 amide bonds. The van der Waals surface area contributed by atoms with E-state index in [0.29, 0.717) is 12.5 Å². The molecule has 23 heavy (non-hydrogen) atoms. The summed E-state index contributed by atoms with van der Waals surface area (Å²) in [6.45, 7) is 8.68. The third-order valence-corrected chi connectivity index (χ3v) is 4.27. The van der Waals surface area contributed by atoms with Crippen LogP contribution in [-0.2, 0) is 9.53 Å². The van der Waals surface area contributed by atoms with Gasteiger partial charge in [-0.1, -0.05) is 13.3 Å². The predicted octanol–water partition coefficient (Wildman–Crippen LogP) is 4.40. The summed E-state index contributed by atoms with van der Waals surface area (Å²) in [7, 11) is 0. The highest BCUT2D eigenvalue weighted by atomic mass is 16.5. The Hall–Kier alpha value is -1.55. The fourth-order valence-electron chi connectivity index (χ4n) is 3.32. The highest BCUT2D eigenvalue weighted by Gasteiger charge is 2.42. The van der Waals surface area contributed by atoms with Gasteiger partial charge in [-0.25, -0.2) is 0 Å². The van der Waals surface area contributed by atoms with E-state index in [0.717, 1.165) is 30.7 Å². The van der Waals surface area contributed by atoms with Crippen molar-refractivity contribution in [3.8, 4) is 5.75 Å². The number of carbonyl (C=O) groups excluding carboxylic acids is 1. The minimum Gasteiger partial charge on any atom is -0.491 e. The zero-order valence-corrected chi connectivity index (χ0v) is 14.7. The maximum Gasteiger partial charge on any atom is 0.256 e. The Labute approximate surface area is 139 Å². The average Bonchev–Trinajstić information content (AvgIpc) is 2.49. The van der Waals surface area contributed by atoms with E-state index in [1.165, 1.54) is 6.42 Å². The fourth-order valence-corrected chi connectivity index (χ4v) is 3.32. The summed E-state index contributed by atoms with van der Waals surface area (Å²) < 4.78 is 11.5. The van der Waals surface area contributed by atoms with Gasteiger partial charge in [0, 0.05) is 12.3 Å². The van der Waals surface area contributed by atoms with Crippen LogP contribution in [0.4, 0.5) is 5.69 Å². The molecule has 0 unspecified atom stereocenters. The number of rotatable bonds is 6. The average molecular weight is 319 g/mol. The van der Waals surface area contributed by atoms with Crippen LogP contribution in [0.3, 0.4) is 0 Å². The summed E-state index contributed by atoms with van der Waals surface area (Å²) in [5.41, 5.74) is 0.0999. The molecule has 0 aliphatic heterocycles. The van der Waals surface area contributed by atoms with Crippen LogP contribution in [0.2, 0.25) is 0 Å². The van der Waals surface area contributed by atoms with E-state index in [2.05, 4.69) is 12.2 Å². The van der Waals surface area contributed by atoms with Crippen LogP contribution >= 0.6 is 0 Å². The maximum absolute atomic E-state index is 12.8. The van der Waals surface area contributed by atoms with Crippen molar-refractivity contribution in [2.45, 2.75) is 65.1 Å². The van der Waals surface area contributed by atoms with Crippen molar-refractivity contribution in [3.05, 3.63) is 24.3 Å². The van der Waals surface area contributed by atoms with Crippen molar-refractivity contribution in [2.24, 2.45) is 5.92 Å². The van der Waals surface area contributed by atoms with Crippen molar-refractivity contribution >= 4 is 11.6 Å². The highest BCUT2D eigenvalue weighted by molar-refractivity contribution is 5.97. The lowest BCUT2D eigenvalue weighted by atomic mass is 9.78. The van der Waals surface area contributed by atoms with Crippen molar-refractivity contribution in [2.75, 3.05) is 11.9 Å². The van der Waals surface area contributed by atoms with Gasteiger partial charge in [-0.15, -0.1) is 0 Å². The fraction of sp³-hybridized carbons (Fsp3) is 0.632. The van der Waals surface area contributed by atoms with Gasteiger partial charge in [0.1, 0.15) is 11.4 Å². The Morgan fingerprint density at radius 1 is 1.35 bits per heavy atom. The van der Waals surface area contributed by atoms with E-state index in [1.54, 1.807) is 0 Å². The van der Waals surface area contributed by atoms with Gasteiger partial charge in [0.2, 0.25) is 0 Å². The molecule has 0 aromatic heterocycles. The van der Waals surface area contributed by atoms with Gasteiger partial charge < -0.3 is 14.8 Å². The molecule has 2 atom stereocenters. The largest absolute Gasteiger partial charge is 0.491 e. The van der Waals surface area contributed by atoms with Crippen LogP contribution in [0.1, 0.15) is 53.4 Å². The number of hydrogen-bond donors (Lipinski definition) is 1. The Balaban J connectivity index is 2.06. The smallest absolute Gasteiger partial charge is 0.256 e. The molecule has 1 aliphatic rings. The first kappa shape index (κ1) is 17.8. The topological polar surface area (TPSA) is 47.6 Å². The van der Waals surface area contributed by atoms with E-state index in [-0.39, 0.29) is 12.0 Å². The van der Waals surface area contributed by atoms with Crippen LogP contribution < -0.4 is 10.1 Å². The first-order valence-corrected chi connectivity index (χ1v) is 8.67. The van der Waals surface area contributed by atoms with E-state index >= 15 is 0 Å². The minimum absolute atomic E-state index is 0.0246. The molecule has 1 aromatic rings. The zero-order valence-electron chi connectivity index (χ0n) is 14.7. The Kier molecular flexibility index (Phi) is 6.05. The minimum atomic E-state index is -0.681. The summed E-state index contributed by atoms with van der Waals surface area (Å²) in [6, 6.07) is 7.52. The summed E-state index contributed by atoms with van der Waals surface area (Å²) in [4.78, 5) is 12.8. The van der Waals surface area contributed by atoms with Gasteiger partial charge in [-0.05, 0) is 70.2 Å². The predicted molar refractivity (Wildman–Crippen MR) is 92.8 cm³/mol. The summed E-state index contributed by atoms with van der Waals surface area (Å²) in [5, 5.41) is 3.02. The normalized spacial score (nSPS) is 24.5. The number of amides is 1. The summed E-state index contributed by atoms with van der Waals surface area (Å²) >= 11 is 0. The van der Waals surface area contributed by atoms with Crippen LogP contribution in [0.15, 0.2) is 24.3 Å². The molecule has 0 heterocycles. The lowest BCUT2D eigenvalue weighted by molar-refractivity contribution is -0.147. The van der Waals surface area contributed by atoms with Crippen molar-refractivity contribution < 1.29 is 14.3 Å². The molecule has 1 saturated carbocycles. The van der Waals surface area contributed by atoms with E-state index in [9.17, 15) is 4.79 Å². The van der Waals surface area contributed by atoms with Gasteiger partial charge in [0.25, 0.3) is 5.91 Å². The maximum atomic E-state index is 12.8. The zero-order chi connectivity index (χ0) is 16.9. The molecule has 0 spiro atoms. The van der Waals surface area contributed by atoms with Crippen molar-refractivity contribution in [3.63, 3.8) is 0 Å². The van der Waals surface area contributed by atoms with Gasteiger partial charge in [-0.2, -0.15) is 0 Å². The molecular weight excluding hydrogens is 290 g/mol. The standard InChI is InChI=1S/C19H29NO3/c1-5-22-19(12-6-7-15(4)13-19)18(21)20-16-8-10-17(11-9-16)23-14(2)3/h8-11,14-15H,5-7,12-13H2,1-4H3,(H,20,21)/t15-,19-/m1/s1. The van der Waals surface area contributed by atoms with Crippen LogP contribution in [0.5, 0.6) is 5.75 Å². The van der Waals surface area contributed by atoms with E-state index < -0.39 is 5.60 Å². The molecule has 0 saturated heterocycles. The first-order valence-electron chi connectivity index (χ1n) is 8.67. The number of hydrogen-bond acceptors (Lipinski definition) is 3. The van der Waals surface area contributed by atoms with Gasteiger partial charge >= 0.3 is 0 Å². The Bertz CT molecular complexity index is 508. The molecule has 128 valence electrons. The van der Waals surface area contributed by atoms with Crippen LogP contribution in [0, 0.1) is 5.92 Å². The second-order valence-corrected chi connectivity index (χ2v) is 6.77. The number of carbonyl (C=O) groups is 1. The Morgan fingerprint density at radius 3 is 2.61 bits per heavy atom. The number of ether oxygens (including phenoxy) is 2. The van der Waals surface area contributed by atoms with Gasteiger partial charge in [-0.3, -0.25) is 4.79 Å². The molecule has 1 aromatic carbocycles.